The largest absolute Gasteiger partial charge is 0.458 e. The molecule has 4 fully saturated rings. The van der Waals surface area contributed by atoms with Crippen molar-refractivity contribution in [1.29, 1.82) is 0 Å². The molecule has 0 aromatic heterocycles. The molecule has 3 saturated carbocycles. The van der Waals surface area contributed by atoms with E-state index in [1.54, 1.807) is 102 Å². The molecule has 0 radical (unpaired) electrons. The van der Waals surface area contributed by atoms with Gasteiger partial charge in [-0.05, 0) is 93.6 Å². The summed E-state index contributed by atoms with van der Waals surface area (Å²) in [4.78, 5) is 83.0. The van der Waals surface area contributed by atoms with E-state index >= 15 is 4.79 Å². The highest BCUT2D eigenvalue weighted by atomic mass is 16.6. The number of carbonyl (C=O) groups excluding carboxylic acids is 6. The quantitative estimate of drug-likeness (QED) is 0.0759. The average Bonchev–Trinajstić information content (AvgIpc) is 3.95. The van der Waals surface area contributed by atoms with E-state index in [-0.39, 0.29) is 37.4 Å². The van der Waals surface area contributed by atoms with Gasteiger partial charge in [-0.1, -0.05) is 88.6 Å². The molecular weight excluding hydrogens is 863 g/mol. The van der Waals surface area contributed by atoms with Gasteiger partial charge in [0, 0.05) is 38.0 Å². The molecule has 364 valence electrons. The first-order chi connectivity index (χ1) is 31.6. The minimum atomic E-state index is -2.12. The van der Waals surface area contributed by atoms with Crippen LogP contribution in [0.15, 0.2) is 71.8 Å². The number of esters is 5. The van der Waals surface area contributed by atoms with E-state index in [2.05, 4.69) is 5.32 Å². The van der Waals surface area contributed by atoms with E-state index in [4.69, 9.17) is 33.2 Å². The molecule has 1 amide bonds. The van der Waals surface area contributed by atoms with Gasteiger partial charge in [0.2, 0.25) is 6.10 Å². The minimum absolute atomic E-state index is 0.00434. The number of alkyl carbamates (subject to hydrolysis) is 1. The van der Waals surface area contributed by atoms with Gasteiger partial charge in [0.05, 0.1) is 12.2 Å². The van der Waals surface area contributed by atoms with Crippen molar-refractivity contribution in [3.05, 3.63) is 82.9 Å². The summed E-state index contributed by atoms with van der Waals surface area (Å²) in [6.45, 7) is 15.0. The lowest BCUT2D eigenvalue weighted by atomic mass is 9.49. The second-order valence-corrected chi connectivity index (χ2v) is 20.7. The molecule has 11 atom stereocenters. The maximum atomic E-state index is 15.1. The molecule has 67 heavy (non-hydrogen) atoms. The molecule has 1 spiro atoms. The van der Waals surface area contributed by atoms with Crippen LogP contribution in [0.2, 0.25) is 0 Å². The number of unbranched alkanes of at least 4 members (excludes halogenated alkanes) is 3. The Balaban J connectivity index is 1.36. The number of rotatable bonds is 15. The van der Waals surface area contributed by atoms with Gasteiger partial charge in [-0.3, -0.25) is 14.4 Å². The highest BCUT2D eigenvalue weighted by Crippen LogP contribution is 2.76. The highest BCUT2D eigenvalue weighted by Gasteiger charge is 2.81. The van der Waals surface area contributed by atoms with Gasteiger partial charge in [-0.2, -0.15) is 0 Å². The standard InChI is InChI=1S/C52H67NO14/c1-10-11-12-19-24-39(56)64-42(41(33-20-15-13-16-21-33)53-47(59)67-48(5,6)7)46(58)63-36-28-52(60)44(65-45(57)34-22-17-14-18-23-34)43-50(26-35(50)25-38-51(43,29-61-38)66-32(4)55)27-37(62-31(3)54)40(30(36)2)49(52,8)9/h13-18,20-23,35-38,41-44,60H,10-12,19,24-29H2,1-9H3,(H,53,59)/t35-,36+,37+,38-,41+,42-,43+,44+,50-,51+,52-/m1/s1. The van der Waals surface area contributed by atoms with Gasteiger partial charge in [-0.25, -0.2) is 14.4 Å². The predicted molar refractivity (Wildman–Crippen MR) is 242 cm³/mol. The Bertz CT molecular complexity index is 2240. The first-order valence-electron chi connectivity index (χ1n) is 23.7. The van der Waals surface area contributed by atoms with E-state index in [1.807, 2.05) is 6.92 Å². The monoisotopic (exact) mass is 929 g/mol. The molecule has 7 rings (SSSR count). The molecule has 1 saturated heterocycles. The number of hydrogen-bond donors (Lipinski definition) is 2. The fourth-order valence-corrected chi connectivity index (χ4v) is 11.7. The van der Waals surface area contributed by atoms with Crippen LogP contribution < -0.4 is 5.32 Å². The SMILES string of the molecule is CCCCCCC(=O)O[C@@H](C(=O)O[C@H]1C[C@@]2(O)[C@@H](OC(=O)c3ccccc3)[C@H]3[C@]4(C[C@H]4C[C@H]4OC[C@]43OC(C)=O)C[C@H](OC(C)=O)C(=C1C)C2(C)C)[C@@H](NC(=O)OC(C)(C)C)c1ccccc1. The Morgan fingerprint density at radius 1 is 0.851 bits per heavy atom. The normalized spacial score (nSPS) is 31.0. The molecular formula is C52H67NO14. The summed E-state index contributed by atoms with van der Waals surface area (Å²) in [6.07, 6.45) is -2.79. The van der Waals surface area contributed by atoms with Crippen LogP contribution in [-0.2, 0) is 52.3 Å². The van der Waals surface area contributed by atoms with Crippen LogP contribution in [0.25, 0.3) is 0 Å². The maximum absolute atomic E-state index is 15.1. The average molecular weight is 930 g/mol. The molecule has 15 heteroatoms. The second-order valence-electron chi connectivity index (χ2n) is 20.7. The molecule has 1 aliphatic heterocycles. The number of carbonyl (C=O) groups is 6. The fourth-order valence-electron chi connectivity index (χ4n) is 11.7. The molecule has 2 N–H and O–H groups in total. The molecule has 15 nitrogen and oxygen atoms in total. The topological polar surface area (TPSA) is 199 Å². The Morgan fingerprint density at radius 2 is 1.52 bits per heavy atom. The summed E-state index contributed by atoms with van der Waals surface area (Å²) < 4.78 is 43.5. The van der Waals surface area contributed by atoms with E-state index < -0.39 is 106 Å². The summed E-state index contributed by atoms with van der Waals surface area (Å²) in [7, 11) is 0. The summed E-state index contributed by atoms with van der Waals surface area (Å²) in [6, 6.07) is 15.6. The van der Waals surface area contributed by atoms with Gasteiger partial charge >= 0.3 is 35.9 Å². The smallest absolute Gasteiger partial charge is 0.408 e. The van der Waals surface area contributed by atoms with Crippen molar-refractivity contribution in [3.63, 3.8) is 0 Å². The zero-order chi connectivity index (χ0) is 48.7. The predicted octanol–water partition coefficient (Wildman–Crippen LogP) is 7.81. The molecule has 2 aromatic rings. The summed E-state index contributed by atoms with van der Waals surface area (Å²) in [5.74, 6) is -4.51. The number of amides is 1. The Hall–Kier alpha value is -5.28. The van der Waals surface area contributed by atoms with Crippen molar-refractivity contribution in [2.24, 2.45) is 22.7 Å². The van der Waals surface area contributed by atoms with Gasteiger partial charge in [0.15, 0.2) is 5.60 Å². The van der Waals surface area contributed by atoms with Gasteiger partial charge in [0.1, 0.15) is 41.7 Å². The first-order valence-corrected chi connectivity index (χ1v) is 23.7. The summed E-state index contributed by atoms with van der Waals surface area (Å²) in [5.41, 5.74) is -4.90. The van der Waals surface area contributed by atoms with Crippen molar-refractivity contribution in [1.82, 2.24) is 5.32 Å². The third-order valence-corrected chi connectivity index (χ3v) is 14.8. The Morgan fingerprint density at radius 3 is 2.12 bits per heavy atom. The van der Waals surface area contributed by atoms with Crippen molar-refractivity contribution < 1.29 is 67.0 Å². The number of fused-ring (bicyclic) bond motifs is 4. The van der Waals surface area contributed by atoms with Crippen LogP contribution >= 0.6 is 0 Å². The summed E-state index contributed by atoms with van der Waals surface area (Å²) >= 11 is 0. The fraction of sp³-hybridized carbons (Fsp3) is 0.615. The van der Waals surface area contributed by atoms with E-state index in [1.165, 1.54) is 13.8 Å². The lowest BCUT2D eigenvalue weighted by Crippen LogP contribution is -2.77. The van der Waals surface area contributed by atoms with E-state index in [9.17, 15) is 29.1 Å². The Kier molecular flexibility index (Phi) is 14.1. The van der Waals surface area contributed by atoms with Gasteiger partial charge in [0.25, 0.3) is 0 Å². The molecule has 0 unspecified atom stereocenters. The highest BCUT2D eigenvalue weighted by molar-refractivity contribution is 5.89. The number of benzene rings is 2. The van der Waals surface area contributed by atoms with Crippen molar-refractivity contribution in [2.45, 2.75) is 173 Å². The van der Waals surface area contributed by atoms with Crippen LogP contribution in [0, 0.1) is 22.7 Å². The third kappa shape index (κ3) is 9.73. The van der Waals surface area contributed by atoms with Crippen LogP contribution in [0.1, 0.15) is 142 Å². The Labute approximate surface area is 392 Å². The van der Waals surface area contributed by atoms with Crippen molar-refractivity contribution in [2.75, 3.05) is 6.61 Å². The number of aliphatic hydroxyl groups is 1. The van der Waals surface area contributed by atoms with E-state index in [0.29, 0.717) is 36.0 Å². The first kappa shape index (κ1) is 49.6. The third-order valence-electron chi connectivity index (χ3n) is 14.8. The van der Waals surface area contributed by atoms with Gasteiger partial charge in [-0.15, -0.1) is 0 Å². The zero-order valence-corrected chi connectivity index (χ0v) is 40.2. The molecule has 2 aromatic carbocycles. The maximum Gasteiger partial charge on any atom is 0.408 e. The number of hydrogen-bond acceptors (Lipinski definition) is 14. The van der Waals surface area contributed by atoms with Crippen molar-refractivity contribution in [3.8, 4) is 0 Å². The van der Waals surface area contributed by atoms with Gasteiger partial charge < -0.3 is 43.6 Å². The lowest BCUT2D eigenvalue weighted by molar-refractivity contribution is -0.328. The second kappa shape index (κ2) is 19.0. The van der Waals surface area contributed by atoms with Crippen molar-refractivity contribution >= 4 is 35.9 Å². The van der Waals surface area contributed by atoms with Crippen LogP contribution in [0.3, 0.4) is 0 Å². The molecule has 4 aliphatic carbocycles. The molecule has 5 aliphatic rings. The number of nitrogens with one attached hydrogen (secondary N) is 1. The van der Waals surface area contributed by atoms with E-state index in [0.717, 1.165) is 19.3 Å². The molecule has 1 heterocycles. The van der Waals surface area contributed by atoms with Crippen LogP contribution in [0.4, 0.5) is 4.79 Å². The van der Waals surface area contributed by atoms with Crippen LogP contribution in [0.5, 0.6) is 0 Å². The minimum Gasteiger partial charge on any atom is -0.458 e. The molecule has 2 bridgehead atoms. The van der Waals surface area contributed by atoms with Crippen LogP contribution in [-0.4, -0.2) is 95.0 Å². The number of ether oxygens (including phenoxy) is 7. The summed E-state index contributed by atoms with van der Waals surface area (Å²) in [5, 5.41) is 16.7. The lowest BCUT2D eigenvalue weighted by Gasteiger charge is -2.64. The zero-order valence-electron chi connectivity index (χ0n) is 40.2.